The van der Waals surface area contributed by atoms with E-state index < -0.39 is 52.5 Å². The number of carbonyl (C=O) groups is 3. The van der Waals surface area contributed by atoms with Gasteiger partial charge in [-0.05, 0) is 11.6 Å². The van der Waals surface area contributed by atoms with Crippen LogP contribution in [-0.2, 0) is 20.6 Å². The molecule has 2 atom stereocenters. The summed E-state index contributed by atoms with van der Waals surface area (Å²) in [5, 5.41) is 24.9. The number of nitrogens with zero attached hydrogens (tertiary/aromatic N) is 4. The number of anilines is 1. The summed E-state index contributed by atoms with van der Waals surface area (Å²) in [5.74, 6) is -3.08. The van der Waals surface area contributed by atoms with Crippen LogP contribution in [-0.4, -0.2) is 65.8 Å². The Morgan fingerprint density at radius 2 is 2.06 bits per heavy atom. The zero-order valence-corrected chi connectivity index (χ0v) is 22.5. The molecule has 36 heavy (non-hydrogen) atoms. The third kappa shape index (κ3) is 5.30. The minimum absolute atomic E-state index is 0. The SMILES string of the molecule is Nc1nc(/C(=N\O)C(=O)NC2C(=O)N3C(C(=O)O)=C(/C=C/c4scnc4C(F)(F)F)CS[C@H]23)cs1.[H-].[Na+]. The molecule has 0 bridgehead atoms. The van der Waals surface area contributed by atoms with Gasteiger partial charge in [-0.2, -0.15) is 13.2 Å². The topological polar surface area (TPSA) is 171 Å². The summed E-state index contributed by atoms with van der Waals surface area (Å²) in [6.45, 7) is 0. The number of hydrogen-bond donors (Lipinski definition) is 4. The van der Waals surface area contributed by atoms with Crippen molar-refractivity contribution in [3.8, 4) is 0 Å². The van der Waals surface area contributed by atoms with Crippen LogP contribution in [0.5, 0.6) is 0 Å². The number of oxime groups is 1. The number of carboxylic acids is 1. The molecule has 0 spiro atoms. The second kappa shape index (κ2) is 10.9. The maximum absolute atomic E-state index is 13.0. The number of nitrogens with one attached hydrogen (secondary N) is 1. The van der Waals surface area contributed by atoms with Gasteiger partial charge in [-0.15, -0.1) is 34.4 Å². The molecule has 4 rings (SSSR count). The zero-order valence-electron chi connectivity index (χ0n) is 19.0. The Balaban J connectivity index is 0.00000241. The molecule has 4 heterocycles. The number of rotatable bonds is 6. The van der Waals surface area contributed by atoms with Crippen LogP contribution < -0.4 is 40.6 Å². The molecule has 2 aromatic rings. The van der Waals surface area contributed by atoms with E-state index >= 15 is 0 Å². The van der Waals surface area contributed by atoms with Crippen molar-refractivity contribution in [3.63, 3.8) is 0 Å². The van der Waals surface area contributed by atoms with Crippen molar-refractivity contribution >= 4 is 69.1 Å². The number of β-lactam (4-membered cyclic amide) rings is 1. The Bertz CT molecular complexity index is 1310. The molecule has 2 aliphatic rings. The Labute approximate surface area is 235 Å². The maximum atomic E-state index is 13.0. The number of fused-ring (bicyclic) bond motifs is 1. The number of thioether (sulfide) groups is 1. The Hall–Kier alpha value is -2.44. The first-order valence-electron chi connectivity index (χ1n) is 9.37. The van der Waals surface area contributed by atoms with Gasteiger partial charge in [-0.1, -0.05) is 11.2 Å². The molecule has 186 valence electrons. The largest absolute Gasteiger partial charge is 1.00 e. The second-order valence-corrected chi connectivity index (χ2v) is 9.84. The number of alkyl halides is 3. The first kappa shape index (κ1) is 28.1. The van der Waals surface area contributed by atoms with Gasteiger partial charge >= 0.3 is 41.7 Å². The normalized spacial score (nSPS) is 20.1. The quantitative estimate of drug-likeness (QED) is 0.111. The predicted molar refractivity (Wildman–Crippen MR) is 122 cm³/mol. The molecule has 2 aliphatic heterocycles. The fourth-order valence-corrected chi connectivity index (χ4v) is 5.92. The molecular weight excluding hydrogens is 556 g/mol. The first-order chi connectivity index (χ1) is 16.5. The molecule has 5 N–H and O–H groups in total. The molecule has 0 radical (unpaired) electrons. The number of halogens is 3. The molecule has 1 unspecified atom stereocenters. The van der Waals surface area contributed by atoms with Gasteiger partial charge in [-0.3, -0.25) is 14.5 Å². The smallest absolute Gasteiger partial charge is 1.00 e. The molecule has 0 saturated carbocycles. The third-order valence-electron chi connectivity index (χ3n) is 4.87. The van der Waals surface area contributed by atoms with Crippen molar-refractivity contribution in [2.24, 2.45) is 5.16 Å². The van der Waals surface area contributed by atoms with Crippen LogP contribution in [0.15, 0.2) is 33.4 Å². The Morgan fingerprint density at radius 3 is 2.64 bits per heavy atom. The van der Waals surface area contributed by atoms with E-state index in [4.69, 9.17) is 5.73 Å². The van der Waals surface area contributed by atoms with Crippen LogP contribution in [0, 0.1) is 0 Å². The first-order valence-corrected chi connectivity index (χ1v) is 12.2. The van der Waals surface area contributed by atoms with Gasteiger partial charge in [0.05, 0.1) is 10.4 Å². The van der Waals surface area contributed by atoms with E-state index in [1.54, 1.807) is 0 Å². The Kier molecular flexibility index (Phi) is 8.51. The number of allylic oxidation sites excluding steroid dienone is 1. The summed E-state index contributed by atoms with van der Waals surface area (Å²) < 4.78 is 39.1. The minimum atomic E-state index is -4.67. The maximum Gasteiger partial charge on any atom is 1.00 e. The van der Waals surface area contributed by atoms with Crippen LogP contribution in [0.4, 0.5) is 18.3 Å². The standard InChI is InChI=1S/C18H13F3N6O5S3.Na.H/c19-18(20,21)12-8(35-5-23-12)2-1-6-3-33-15-10(14(29)27(15)11(6)16(30)31)25-13(28)9(26-32)7-4-34-17(22)24-7;;/h1-2,4-5,10,15,32H,3H2,(H2,22,24)(H,25,28)(H,30,31);;/q;+1;-1/b2-1+,26-9+;;/t10?,15-;;/m1../s1. The monoisotopic (exact) mass is 570 g/mol. The van der Waals surface area contributed by atoms with Gasteiger partial charge in [0.25, 0.3) is 11.8 Å². The van der Waals surface area contributed by atoms with E-state index in [0.29, 0.717) is 0 Å². The molecular formula is C18H14F3N6NaO5S3. The summed E-state index contributed by atoms with van der Waals surface area (Å²) in [4.78, 5) is 45.1. The molecule has 1 saturated heterocycles. The van der Waals surface area contributed by atoms with Gasteiger partial charge in [0.15, 0.2) is 16.5 Å². The van der Waals surface area contributed by atoms with Gasteiger partial charge < -0.3 is 22.8 Å². The van der Waals surface area contributed by atoms with Crippen molar-refractivity contribution < 1.29 is 68.9 Å². The van der Waals surface area contributed by atoms with E-state index in [-0.39, 0.29) is 58.0 Å². The number of thiazole rings is 2. The molecule has 11 nitrogen and oxygen atoms in total. The molecule has 0 aliphatic carbocycles. The molecule has 18 heteroatoms. The van der Waals surface area contributed by atoms with E-state index in [0.717, 1.165) is 50.9 Å². The number of carbonyl (C=O) groups excluding carboxylic acids is 2. The van der Waals surface area contributed by atoms with Crippen molar-refractivity contribution in [1.29, 1.82) is 0 Å². The van der Waals surface area contributed by atoms with Crippen LogP contribution in [0.1, 0.15) is 17.7 Å². The third-order valence-corrected chi connectivity index (χ3v) is 7.64. The second-order valence-electron chi connectivity index (χ2n) is 6.96. The van der Waals surface area contributed by atoms with Crippen LogP contribution in [0.2, 0.25) is 0 Å². The fraction of sp³-hybridized carbons (Fsp3) is 0.222. The van der Waals surface area contributed by atoms with Crippen LogP contribution in [0.3, 0.4) is 0 Å². The number of nitrogens with two attached hydrogens (primary N) is 1. The van der Waals surface area contributed by atoms with E-state index in [9.17, 15) is 37.9 Å². The van der Waals surface area contributed by atoms with E-state index in [1.165, 1.54) is 11.5 Å². The van der Waals surface area contributed by atoms with E-state index in [1.807, 2.05) is 0 Å². The van der Waals surface area contributed by atoms with E-state index in [2.05, 4.69) is 20.4 Å². The number of carboxylic acid groups (broad SMARTS) is 1. The van der Waals surface area contributed by atoms with Gasteiger partial charge in [0.2, 0.25) is 0 Å². The summed E-state index contributed by atoms with van der Waals surface area (Å²) in [7, 11) is 0. The number of amides is 2. The number of aromatic nitrogens is 2. The summed E-state index contributed by atoms with van der Waals surface area (Å²) in [6.07, 6.45) is -2.36. The summed E-state index contributed by atoms with van der Waals surface area (Å²) in [5.41, 5.74) is 4.67. The molecule has 2 amide bonds. The molecule has 0 aromatic carbocycles. The minimum Gasteiger partial charge on any atom is -1.00 e. The van der Waals surface area contributed by atoms with Crippen LogP contribution in [0.25, 0.3) is 6.08 Å². The summed E-state index contributed by atoms with van der Waals surface area (Å²) in [6, 6.07) is -1.13. The zero-order chi connectivity index (χ0) is 25.5. The molecule has 1 fully saturated rings. The number of aliphatic carboxylic acids is 1. The van der Waals surface area contributed by atoms with Crippen molar-refractivity contribution in [2.45, 2.75) is 17.6 Å². The average Bonchev–Trinajstić information content (AvgIpc) is 3.44. The summed E-state index contributed by atoms with van der Waals surface area (Å²) >= 11 is 2.85. The van der Waals surface area contributed by atoms with Gasteiger partial charge in [0, 0.05) is 11.1 Å². The van der Waals surface area contributed by atoms with Gasteiger partial charge in [0.1, 0.15) is 22.8 Å². The van der Waals surface area contributed by atoms with Gasteiger partial charge in [-0.25, -0.2) is 14.8 Å². The van der Waals surface area contributed by atoms with Crippen molar-refractivity contribution in [2.75, 3.05) is 11.5 Å². The fourth-order valence-electron chi connectivity index (χ4n) is 3.35. The average molecular weight is 571 g/mol. The Morgan fingerprint density at radius 1 is 1.33 bits per heavy atom. The van der Waals surface area contributed by atoms with Crippen molar-refractivity contribution in [1.82, 2.24) is 20.2 Å². The predicted octanol–water partition coefficient (Wildman–Crippen LogP) is -1.05. The molecule has 2 aromatic heterocycles. The van der Waals surface area contributed by atoms with Crippen LogP contribution >= 0.6 is 34.4 Å². The van der Waals surface area contributed by atoms with Crippen molar-refractivity contribution in [3.05, 3.63) is 44.5 Å². The number of hydrogen-bond acceptors (Lipinski definition) is 11. The number of nitrogen functional groups attached to an aromatic ring is 1.